The van der Waals surface area contributed by atoms with Crippen LogP contribution < -0.4 is 4.72 Å². The molecule has 3 unspecified atom stereocenters. The molecular formula is C18H26N2O3S. The molecule has 0 radical (unpaired) electrons. The van der Waals surface area contributed by atoms with E-state index in [0.29, 0.717) is 19.0 Å². The second kappa shape index (κ2) is 7.23. The van der Waals surface area contributed by atoms with Gasteiger partial charge in [0, 0.05) is 25.6 Å². The van der Waals surface area contributed by atoms with Crippen molar-refractivity contribution in [2.75, 3.05) is 25.9 Å². The van der Waals surface area contributed by atoms with Crippen molar-refractivity contribution in [1.82, 2.24) is 9.62 Å². The molecule has 2 aliphatic rings. The van der Waals surface area contributed by atoms with Crippen LogP contribution in [0.3, 0.4) is 0 Å². The largest absolute Gasteiger partial charge is 0.342 e. The van der Waals surface area contributed by atoms with E-state index in [-0.39, 0.29) is 17.7 Å². The summed E-state index contributed by atoms with van der Waals surface area (Å²) in [5.41, 5.74) is 1.30. The Morgan fingerprint density at radius 2 is 2.04 bits per heavy atom. The van der Waals surface area contributed by atoms with E-state index >= 15 is 0 Å². The Bertz CT molecular complexity index is 675. The molecule has 1 saturated heterocycles. The van der Waals surface area contributed by atoms with Crippen LogP contribution in [-0.4, -0.2) is 45.1 Å². The summed E-state index contributed by atoms with van der Waals surface area (Å²) in [5, 5.41) is 0. The van der Waals surface area contributed by atoms with Gasteiger partial charge in [0.25, 0.3) is 0 Å². The minimum Gasteiger partial charge on any atom is -0.342 e. The molecule has 1 N–H and O–H groups in total. The number of carbonyl (C=O) groups is 1. The smallest absolute Gasteiger partial charge is 0.225 e. The van der Waals surface area contributed by atoms with Crippen molar-refractivity contribution in [1.29, 1.82) is 0 Å². The van der Waals surface area contributed by atoms with Crippen LogP contribution in [0.25, 0.3) is 0 Å². The highest BCUT2D eigenvalue weighted by Gasteiger charge is 2.45. The summed E-state index contributed by atoms with van der Waals surface area (Å²) >= 11 is 0. The first-order valence-electron chi connectivity index (χ1n) is 8.70. The third-order valence-electron chi connectivity index (χ3n) is 5.05. The molecule has 1 aliphatic carbocycles. The molecule has 1 aliphatic heterocycles. The van der Waals surface area contributed by atoms with E-state index in [1.165, 1.54) is 11.8 Å². The second-order valence-electron chi connectivity index (χ2n) is 7.21. The van der Waals surface area contributed by atoms with Crippen LogP contribution in [0, 0.1) is 17.8 Å². The fraction of sp³-hybridized carbons (Fsp3) is 0.611. The number of nitrogens with zero attached hydrogens (tertiary/aromatic N) is 1. The zero-order chi connectivity index (χ0) is 17.2. The lowest BCUT2D eigenvalue weighted by Crippen LogP contribution is -2.44. The van der Waals surface area contributed by atoms with Crippen molar-refractivity contribution in [3.05, 3.63) is 35.9 Å². The first kappa shape index (κ1) is 17.4. The zero-order valence-corrected chi connectivity index (χ0v) is 15.0. The average molecular weight is 350 g/mol. The van der Waals surface area contributed by atoms with Crippen molar-refractivity contribution in [2.45, 2.75) is 25.7 Å². The molecule has 24 heavy (non-hydrogen) atoms. The van der Waals surface area contributed by atoms with E-state index in [1.54, 1.807) is 0 Å². The molecule has 0 aromatic heterocycles. The molecule has 1 saturated carbocycles. The number of sulfonamides is 1. The van der Waals surface area contributed by atoms with Crippen LogP contribution >= 0.6 is 0 Å². The van der Waals surface area contributed by atoms with Crippen LogP contribution in [0.1, 0.15) is 24.8 Å². The monoisotopic (exact) mass is 350 g/mol. The van der Waals surface area contributed by atoms with Crippen molar-refractivity contribution >= 4 is 15.9 Å². The minimum absolute atomic E-state index is 0.159. The highest BCUT2D eigenvalue weighted by atomic mass is 32.2. The Labute approximate surface area is 144 Å². The summed E-state index contributed by atoms with van der Waals surface area (Å²) in [7, 11) is -3.16. The molecule has 1 aromatic carbocycles. The highest BCUT2D eigenvalue weighted by Crippen LogP contribution is 2.42. The van der Waals surface area contributed by atoms with Gasteiger partial charge in [-0.15, -0.1) is 0 Å². The normalized spacial score (nSPS) is 27.0. The van der Waals surface area contributed by atoms with E-state index in [0.717, 1.165) is 32.2 Å². The van der Waals surface area contributed by atoms with Crippen LogP contribution in [-0.2, 0) is 21.2 Å². The number of rotatable bonds is 6. The SMILES string of the molecule is CS(=O)(=O)NCC1CCCN(C(=O)C2CC2Cc2ccccc2)C1. The number of benzene rings is 1. The van der Waals surface area contributed by atoms with Gasteiger partial charge in [0.15, 0.2) is 0 Å². The average Bonchev–Trinajstić information content (AvgIpc) is 3.32. The summed E-state index contributed by atoms with van der Waals surface area (Å²) in [6.45, 7) is 1.92. The van der Waals surface area contributed by atoms with Crippen molar-refractivity contribution in [2.24, 2.45) is 17.8 Å². The summed E-state index contributed by atoms with van der Waals surface area (Å²) < 4.78 is 25.0. The molecule has 1 heterocycles. The van der Waals surface area contributed by atoms with E-state index < -0.39 is 10.0 Å². The number of carbonyl (C=O) groups excluding carboxylic acids is 1. The van der Waals surface area contributed by atoms with E-state index in [9.17, 15) is 13.2 Å². The molecule has 6 heteroatoms. The summed E-state index contributed by atoms with van der Waals surface area (Å²) in [6.07, 6.45) is 5.07. The number of nitrogens with one attached hydrogen (secondary N) is 1. The third kappa shape index (κ3) is 4.80. The summed E-state index contributed by atoms with van der Waals surface area (Å²) in [6, 6.07) is 10.3. The predicted octanol–water partition coefficient (Wildman–Crippen LogP) is 1.65. The Balaban J connectivity index is 1.49. The Kier molecular flexibility index (Phi) is 5.25. The fourth-order valence-electron chi connectivity index (χ4n) is 3.63. The highest BCUT2D eigenvalue weighted by molar-refractivity contribution is 7.88. The van der Waals surface area contributed by atoms with Gasteiger partial charge in [0.2, 0.25) is 15.9 Å². The molecule has 0 spiro atoms. The van der Waals surface area contributed by atoms with Crippen LogP contribution in [0.15, 0.2) is 30.3 Å². The van der Waals surface area contributed by atoms with Crippen LogP contribution in [0.5, 0.6) is 0 Å². The fourth-order valence-corrected chi connectivity index (χ4v) is 4.17. The van der Waals surface area contributed by atoms with Gasteiger partial charge in [-0.05, 0) is 43.1 Å². The summed E-state index contributed by atoms with van der Waals surface area (Å²) in [4.78, 5) is 14.6. The number of likely N-dealkylation sites (tertiary alicyclic amines) is 1. The van der Waals surface area contributed by atoms with E-state index in [1.807, 2.05) is 23.1 Å². The molecule has 3 atom stereocenters. The first-order chi connectivity index (χ1) is 11.4. The number of piperidine rings is 1. The minimum atomic E-state index is -3.16. The topological polar surface area (TPSA) is 66.5 Å². The zero-order valence-electron chi connectivity index (χ0n) is 14.1. The van der Waals surface area contributed by atoms with Gasteiger partial charge in [-0.1, -0.05) is 30.3 Å². The maximum atomic E-state index is 12.7. The quantitative estimate of drug-likeness (QED) is 0.848. The van der Waals surface area contributed by atoms with Crippen molar-refractivity contribution in [3.63, 3.8) is 0 Å². The van der Waals surface area contributed by atoms with Gasteiger partial charge < -0.3 is 4.90 Å². The lowest BCUT2D eigenvalue weighted by atomic mass is 9.97. The maximum absolute atomic E-state index is 12.7. The van der Waals surface area contributed by atoms with E-state index in [4.69, 9.17) is 0 Å². The van der Waals surface area contributed by atoms with Crippen LogP contribution in [0.4, 0.5) is 0 Å². The Morgan fingerprint density at radius 1 is 1.29 bits per heavy atom. The van der Waals surface area contributed by atoms with Gasteiger partial charge >= 0.3 is 0 Å². The molecular weight excluding hydrogens is 324 g/mol. The van der Waals surface area contributed by atoms with Gasteiger partial charge in [0.1, 0.15) is 0 Å². The molecule has 2 fully saturated rings. The van der Waals surface area contributed by atoms with Gasteiger partial charge in [0.05, 0.1) is 6.26 Å². The lowest BCUT2D eigenvalue weighted by Gasteiger charge is -2.33. The standard InChI is InChI=1S/C18H26N2O3S/c1-24(22,23)19-12-15-8-5-9-20(13-15)18(21)17-11-16(17)10-14-6-3-2-4-7-14/h2-4,6-7,15-17,19H,5,8-13H2,1H3. The molecule has 132 valence electrons. The lowest BCUT2D eigenvalue weighted by molar-refractivity contribution is -0.134. The van der Waals surface area contributed by atoms with Gasteiger partial charge in [-0.25, -0.2) is 13.1 Å². The molecule has 3 rings (SSSR count). The summed E-state index contributed by atoms with van der Waals surface area (Å²) in [5.74, 6) is 1.12. The van der Waals surface area contributed by atoms with E-state index in [2.05, 4.69) is 16.9 Å². The van der Waals surface area contributed by atoms with Crippen molar-refractivity contribution in [3.8, 4) is 0 Å². The molecule has 0 bridgehead atoms. The number of amides is 1. The maximum Gasteiger partial charge on any atom is 0.225 e. The number of hydrogen-bond acceptors (Lipinski definition) is 3. The second-order valence-corrected chi connectivity index (χ2v) is 9.04. The number of hydrogen-bond donors (Lipinski definition) is 1. The third-order valence-corrected chi connectivity index (χ3v) is 5.74. The van der Waals surface area contributed by atoms with Crippen molar-refractivity contribution < 1.29 is 13.2 Å². The van der Waals surface area contributed by atoms with Gasteiger partial charge in [-0.3, -0.25) is 4.79 Å². The van der Waals surface area contributed by atoms with Gasteiger partial charge in [-0.2, -0.15) is 0 Å². The van der Waals surface area contributed by atoms with Crippen LogP contribution in [0.2, 0.25) is 0 Å². The Morgan fingerprint density at radius 3 is 2.75 bits per heavy atom. The predicted molar refractivity (Wildman–Crippen MR) is 93.9 cm³/mol. The Hall–Kier alpha value is -1.40. The molecule has 1 aromatic rings. The molecule has 5 nitrogen and oxygen atoms in total. The molecule has 1 amide bonds. The first-order valence-corrected chi connectivity index (χ1v) is 10.6.